The van der Waals surface area contributed by atoms with Crippen LogP contribution in [-0.2, 0) is 10.8 Å². The van der Waals surface area contributed by atoms with Crippen molar-refractivity contribution in [1.82, 2.24) is 4.57 Å². The summed E-state index contributed by atoms with van der Waals surface area (Å²) >= 11 is 0. The van der Waals surface area contributed by atoms with Crippen LogP contribution in [0.4, 0.5) is 11.4 Å². The molecule has 0 unspecified atom stereocenters. The molecule has 2 aliphatic rings. The summed E-state index contributed by atoms with van der Waals surface area (Å²) in [6.07, 6.45) is 0. The quantitative estimate of drug-likeness (QED) is 0.181. The van der Waals surface area contributed by atoms with Crippen LogP contribution in [0, 0.1) is 6.92 Å². The first-order valence-corrected chi connectivity index (χ1v) is 21.4. The molecule has 3 aromatic heterocycles. The summed E-state index contributed by atoms with van der Waals surface area (Å²) in [6.45, 7) is 13.8. The average Bonchev–Trinajstić information content (AvgIpc) is 3.97. The molecule has 8 aromatic carbocycles. The third-order valence-electron chi connectivity index (χ3n) is 13.9. The lowest BCUT2D eigenvalue weighted by Gasteiger charge is -2.26. The van der Waals surface area contributed by atoms with Gasteiger partial charge in [-0.1, -0.05) is 125 Å². The van der Waals surface area contributed by atoms with Crippen molar-refractivity contribution in [2.75, 3.05) is 5.32 Å². The van der Waals surface area contributed by atoms with Gasteiger partial charge >= 0.3 is 0 Å². The number of nitrogens with one attached hydrogen (secondary N) is 1. The van der Waals surface area contributed by atoms with E-state index in [0.717, 1.165) is 71.9 Å². The molecule has 1 radical (unpaired) electrons. The van der Waals surface area contributed by atoms with Crippen LogP contribution < -0.4 is 16.2 Å². The lowest BCUT2D eigenvalue weighted by Crippen LogP contribution is -2.37. The summed E-state index contributed by atoms with van der Waals surface area (Å²) in [5.41, 5.74) is 21.7. The molecule has 0 spiro atoms. The fourth-order valence-corrected chi connectivity index (χ4v) is 10.8. The third-order valence-corrected chi connectivity index (χ3v) is 13.9. The van der Waals surface area contributed by atoms with Crippen molar-refractivity contribution in [3.8, 4) is 27.9 Å². The minimum absolute atomic E-state index is 0.0667. The van der Waals surface area contributed by atoms with Gasteiger partial charge in [0.15, 0.2) is 7.28 Å². The van der Waals surface area contributed by atoms with Gasteiger partial charge in [-0.3, -0.25) is 0 Å². The van der Waals surface area contributed by atoms with E-state index in [9.17, 15) is 0 Å². The Hall–Kier alpha value is -6.98. The maximum absolute atomic E-state index is 6.56. The average molecular weight is 786 g/mol. The number of benzene rings is 8. The highest BCUT2D eigenvalue weighted by Gasteiger charge is 2.37. The van der Waals surface area contributed by atoms with Crippen LogP contribution in [0.5, 0.6) is 0 Å². The molecule has 0 bridgehead atoms. The summed E-state index contributed by atoms with van der Waals surface area (Å²) in [6, 6.07) is 51.2. The van der Waals surface area contributed by atoms with Crippen molar-refractivity contribution in [3.63, 3.8) is 0 Å². The van der Waals surface area contributed by atoms with Crippen molar-refractivity contribution < 1.29 is 8.83 Å². The van der Waals surface area contributed by atoms with Gasteiger partial charge in [-0.15, -0.1) is 0 Å². The second kappa shape index (κ2) is 11.9. The van der Waals surface area contributed by atoms with E-state index >= 15 is 0 Å². The summed E-state index contributed by atoms with van der Waals surface area (Å²) in [7, 11) is 2.43. The molecule has 4 nitrogen and oxygen atoms in total. The van der Waals surface area contributed by atoms with Crippen LogP contribution >= 0.6 is 0 Å². The molecule has 0 fully saturated rings. The number of fused-ring (bicyclic) bond motifs is 14. The van der Waals surface area contributed by atoms with E-state index in [1.54, 1.807) is 0 Å². The van der Waals surface area contributed by atoms with Gasteiger partial charge in [0.25, 0.3) is 0 Å². The van der Waals surface area contributed by atoms with Gasteiger partial charge in [0.05, 0.1) is 5.52 Å². The first-order chi connectivity index (χ1) is 29.5. The SMILES string of the molecule is Cc1cc(-c2cc3c(cc2Nc2ccc(C(C)(C)C)cc2)C(C)(C)c2ccccc2-3)c2c3c1c1cc4c(cc1n3-c1cc3oc5ccccc5c3cc1[B]2)oc1ccccc14. The highest BCUT2D eigenvalue weighted by atomic mass is 16.3. The van der Waals surface area contributed by atoms with Crippen molar-refractivity contribution in [3.05, 3.63) is 162 Å². The van der Waals surface area contributed by atoms with E-state index in [1.165, 1.54) is 66.3 Å². The van der Waals surface area contributed by atoms with Gasteiger partial charge < -0.3 is 18.7 Å². The van der Waals surface area contributed by atoms with E-state index in [-0.39, 0.29) is 10.8 Å². The van der Waals surface area contributed by atoms with Crippen molar-refractivity contribution in [1.29, 1.82) is 0 Å². The molecule has 1 aliphatic heterocycles. The Balaban J connectivity index is 1.13. The monoisotopic (exact) mass is 785 g/mol. The van der Waals surface area contributed by atoms with E-state index < -0.39 is 0 Å². The van der Waals surface area contributed by atoms with Crippen LogP contribution in [-0.4, -0.2) is 11.8 Å². The molecule has 61 heavy (non-hydrogen) atoms. The number of aromatic nitrogens is 1. The van der Waals surface area contributed by atoms with Gasteiger partial charge in [-0.2, -0.15) is 0 Å². The van der Waals surface area contributed by atoms with E-state index in [1.807, 2.05) is 12.1 Å². The predicted octanol–water partition coefficient (Wildman–Crippen LogP) is 13.9. The minimum Gasteiger partial charge on any atom is -0.456 e. The number of anilines is 2. The van der Waals surface area contributed by atoms with Crippen LogP contribution in [0.2, 0.25) is 0 Å². The van der Waals surface area contributed by atoms with E-state index in [0.29, 0.717) is 0 Å². The Morgan fingerprint density at radius 3 is 1.98 bits per heavy atom. The fourth-order valence-electron chi connectivity index (χ4n) is 10.8. The van der Waals surface area contributed by atoms with Crippen molar-refractivity contribution in [2.24, 2.45) is 0 Å². The summed E-state index contributed by atoms with van der Waals surface area (Å²) in [5, 5.41) is 11.0. The van der Waals surface area contributed by atoms with Gasteiger partial charge in [0.1, 0.15) is 22.3 Å². The summed E-state index contributed by atoms with van der Waals surface area (Å²) in [5.74, 6) is 0. The number of aryl methyl sites for hydroxylation is 1. The number of hydrogen-bond donors (Lipinski definition) is 1. The number of para-hydroxylation sites is 2. The predicted molar refractivity (Wildman–Crippen MR) is 257 cm³/mol. The Kier molecular flexibility index (Phi) is 6.77. The third kappa shape index (κ3) is 4.78. The Labute approximate surface area is 354 Å². The normalized spacial score (nSPS) is 14.0. The first-order valence-electron chi connectivity index (χ1n) is 21.4. The Morgan fingerprint density at radius 2 is 1.25 bits per heavy atom. The maximum Gasteiger partial charge on any atom is 0.197 e. The molecule has 291 valence electrons. The first kappa shape index (κ1) is 34.8. The van der Waals surface area contributed by atoms with E-state index in [4.69, 9.17) is 8.83 Å². The number of furan rings is 2. The Morgan fingerprint density at radius 1 is 0.574 bits per heavy atom. The molecule has 0 atom stereocenters. The zero-order valence-electron chi connectivity index (χ0n) is 35.1. The number of rotatable bonds is 3. The zero-order valence-corrected chi connectivity index (χ0v) is 35.1. The smallest absolute Gasteiger partial charge is 0.197 e. The van der Waals surface area contributed by atoms with Gasteiger partial charge in [-0.05, 0) is 99.2 Å². The zero-order chi connectivity index (χ0) is 41.1. The van der Waals surface area contributed by atoms with Crippen LogP contribution in [0.3, 0.4) is 0 Å². The van der Waals surface area contributed by atoms with Crippen molar-refractivity contribution >= 4 is 95.3 Å². The molecular formula is C56H42BN2O2. The molecule has 0 amide bonds. The second-order valence-electron chi connectivity index (χ2n) is 18.9. The largest absolute Gasteiger partial charge is 0.456 e. The van der Waals surface area contributed by atoms with E-state index in [2.05, 4.69) is 186 Å². The second-order valence-corrected chi connectivity index (χ2v) is 18.9. The molecule has 1 N–H and O–H groups in total. The summed E-state index contributed by atoms with van der Waals surface area (Å²) in [4.78, 5) is 0. The van der Waals surface area contributed by atoms with Gasteiger partial charge in [0, 0.05) is 78.0 Å². The molecular weight excluding hydrogens is 743 g/mol. The van der Waals surface area contributed by atoms with Gasteiger partial charge in [-0.25, -0.2) is 0 Å². The highest BCUT2D eigenvalue weighted by Crippen LogP contribution is 2.52. The fraction of sp³-hybridized carbons (Fsp3) is 0.143. The number of nitrogens with zero attached hydrogens (tertiary/aromatic N) is 1. The molecule has 13 rings (SSSR count). The molecule has 1 aliphatic carbocycles. The lowest BCUT2D eigenvalue weighted by molar-refractivity contribution is 0.590. The number of hydrogen-bond acceptors (Lipinski definition) is 3. The van der Waals surface area contributed by atoms with Crippen LogP contribution in [0.25, 0.3) is 93.6 Å². The molecule has 4 heterocycles. The topological polar surface area (TPSA) is 43.2 Å². The molecule has 5 heteroatoms. The maximum atomic E-state index is 6.56. The van der Waals surface area contributed by atoms with Crippen LogP contribution in [0.15, 0.2) is 148 Å². The minimum atomic E-state index is -0.150. The van der Waals surface area contributed by atoms with Gasteiger partial charge in [0.2, 0.25) is 0 Å². The summed E-state index contributed by atoms with van der Waals surface area (Å²) < 4.78 is 15.6. The Bertz CT molecular complexity index is 3720. The van der Waals surface area contributed by atoms with Crippen LogP contribution in [0.1, 0.15) is 56.9 Å². The molecule has 11 aromatic rings. The molecule has 0 saturated heterocycles. The lowest BCUT2D eigenvalue weighted by atomic mass is 9.58. The standard InChI is InChI=1S/C56H42BN2O2/c1-30-23-40(37-24-36-33-13-7-10-16-42(33)56(5,6)43(36)27-45(37)58-32-21-19-31(20-22-32)55(2,3)4)53-54-52(30)41-25-38-34-14-8-11-17-48(34)60-50(38)28-46(41)59(54)47-29-51-39(26-44(47)57-53)35-15-9-12-18-49(35)61-51/h7-29,58H,1-6H3. The molecule has 0 saturated carbocycles. The highest BCUT2D eigenvalue weighted by molar-refractivity contribution is 6.74. The van der Waals surface area contributed by atoms with Crippen molar-refractivity contribution in [2.45, 2.75) is 52.4 Å².